The highest BCUT2D eigenvalue weighted by Gasteiger charge is 2.30. The number of hydrogen-bond acceptors (Lipinski definition) is 4. The summed E-state index contributed by atoms with van der Waals surface area (Å²) >= 11 is 0. The van der Waals surface area contributed by atoms with Gasteiger partial charge in [0.05, 0.1) is 17.7 Å². The lowest BCUT2D eigenvalue weighted by Gasteiger charge is -2.34. The molecule has 4 rings (SSSR count). The van der Waals surface area contributed by atoms with E-state index in [9.17, 15) is 9.90 Å². The third-order valence-electron chi connectivity index (χ3n) is 5.93. The van der Waals surface area contributed by atoms with E-state index in [0.717, 1.165) is 41.4 Å². The Morgan fingerprint density at radius 1 is 1.17 bits per heavy atom. The van der Waals surface area contributed by atoms with Crippen molar-refractivity contribution in [3.05, 3.63) is 71.4 Å². The molecule has 3 atom stereocenters. The number of carbonyl (C=O) groups excluding carboxylic acids is 1. The van der Waals surface area contributed by atoms with Crippen LogP contribution >= 0.6 is 0 Å². The van der Waals surface area contributed by atoms with Gasteiger partial charge in [-0.25, -0.2) is 0 Å². The molecule has 1 unspecified atom stereocenters. The molecule has 1 heterocycles. The second-order valence-electron chi connectivity index (χ2n) is 8.23. The summed E-state index contributed by atoms with van der Waals surface area (Å²) in [7, 11) is 0. The van der Waals surface area contributed by atoms with Crippen LogP contribution in [0.2, 0.25) is 0 Å². The van der Waals surface area contributed by atoms with Gasteiger partial charge < -0.3 is 15.2 Å². The number of para-hydroxylation sites is 1. The minimum Gasteiger partial charge on any atom is -0.489 e. The topological polar surface area (TPSA) is 71.5 Å². The highest BCUT2D eigenvalue weighted by atomic mass is 16.5. The minimum atomic E-state index is -0.473. The number of hydrogen-bond donors (Lipinski definition) is 2. The summed E-state index contributed by atoms with van der Waals surface area (Å²) in [6, 6.07) is 17.0. The van der Waals surface area contributed by atoms with Gasteiger partial charge in [-0.2, -0.15) is 0 Å². The molecule has 156 valence electrons. The number of aromatic nitrogens is 1. The summed E-state index contributed by atoms with van der Waals surface area (Å²) in [6.45, 7) is 4.49. The zero-order valence-corrected chi connectivity index (χ0v) is 17.5. The number of carbonyl (C=O) groups is 1. The lowest BCUT2D eigenvalue weighted by molar-refractivity contribution is 0.0544. The van der Waals surface area contributed by atoms with Crippen molar-refractivity contribution < 1.29 is 14.6 Å². The average Bonchev–Trinajstić information content (AvgIpc) is 2.75. The van der Waals surface area contributed by atoms with Crippen LogP contribution in [0.4, 0.5) is 0 Å². The van der Waals surface area contributed by atoms with Crippen molar-refractivity contribution in [2.75, 3.05) is 0 Å². The summed E-state index contributed by atoms with van der Waals surface area (Å²) in [4.78, 5) is 17.2. The van der Waals surface area contributed by atoms with Gasteiger partial charge in [-0.3, -0.25) is 9.78 Å². The molecule has 1 amide bonds. The molecule has 3 aromatic rings. The fraction of sp³-hybridized carbons (Fsp3) is 0.360. The third kappa shape index (κ3) is 4.46. The van der Waals surface area contributed by atoms with Gasteiger partial charge >= 0.3 is 0 Å². The Labute approximate surface area is 177 Å². The van der Waals surface area contributed by atoms with Crippen LogP contribution in [-0.4, -0.2) is 28.1 Å². The minimum absolute atomic E-state index is 0.157. The van der Waals surface area contributed by atoms with E-state index in [1.165, 1.54) is 0 Å². The third-order valence-corrected chi connectivity index (χ3v) is 5.93. The van der Waals surface area contributed by atoms with Crippen molar-refractivity contribution in [1.82, 2.24) is 10.3 Å². The number of amides is 1. The summed E-state index contributed by atoms with van der Waals surface area (Å²) in [5, 5.41) is 14.3. The van der Waals surface area contributed by atoms with Gasteiger partial charge in [0, 0.05) is 22.2 Å². The standard InChI is InChI=1S/C25H28N2O3/c1-16-6-5-9-23(28)24(16)27-25(29)18-10-12-20(13-11-18)30-15-19-14-17(2)26-22-8-4-3-7-21(19)22/h3-4,7-8,10-14,16,23-24,28H,5-6,9,15H2,1-2H3,(H,27,29)/t16-,23-,24?/m0/s1. The molecule has 5 heteroatoms. The van der Waals surface area contributed by atoms with Crippen molar-refractivity contribution >= 4 is 16.8 Å². The summed E-state index contributed by atoms with van der Waals surface area (Å²) < 4.78 is 5.97. The molecule has 2 N–H and O–H groups in total. The van der Waals surface area contributed by atoms with Crippen LogP contribution in [0.5, 0.6) is 5.75 Å². The number of nitrogens with zero attached hydrogens (tertiary/aromatic N) is 1. The molecule has 0 bridgehead atoms. The number of rotatable bonds is 5. The molecule has 0 aliphatic heterocycles. The van der Waals surface area contributed by atoms with E-state index in [-0.39, 0.29) is 17.9 Å². The zero-order chi connectivity index (χ0) is 21.1. The number of aryl methyl sites for hydroxylation is 1. The molecule has 1 aliphatic carbocycles. The first-order valence-electron chi connectivity index (χ1n) is 10.6. The van der Waals surface area contributed by atoms with Crippen LogP contribution in [0.25, 0.3) is 10.9 Å². The summed E-state index contributed by atoms with van der Waals surface area (Å²) in [5.41, 5.74) is 3.57. The van der Waals surface area contributed by atoms with Crippen molar-refractivity contribution in [2.24, 2.45) is 5.92 Å². The van der Waals surface area contributed by atoms with E-state index in [2.05, 4.69) is 23.3 Å². The molecule has 1 fully saturated rings. The van der Waals surface area contributed by atoms with Gasteiger partial charge in [-0.15, -0.1) is 0 Å². The maximum absolute atomic E-state index is 12.6. The van der Waals surface area contributed by atoms with Gasteiger partial charge in [0.2, 0.25) is 0 Å². The predicted octanol–water partition coefficient (Wildman–Crippen LogP) is 4.40. The van der Waals surface area contributed by atoms with E-state index >= 15 is 0 Å². The highest BCUT2D eigenvalue weighted by Crippen LogP contribution is 2.25. The number of aliphatic hydroxyl groups is 1. The highest BCUT2D eigenvalue weighted by molar-refractivity contribution is 5.94. The number of ether oxygens (including phenoxy) is 1. The molecule has 0 spiro atoms. The van der Waals surface area contributed by atoms with Gasteiger partial charge in [0.15, 0.2) is 0 Å². The van der Waals surface area contributed by atoms with E-state index < -0.39 is 6.10 Å². The van der Waals surface area contributed by atoms with Crippen LogP contribution in [-0.2, 0) is 6.61 Å². The average molecular weight is 405 g/mol. The molecule has 0 radical (unpaired) electrons. The second kappa shape index (κ2) is 8.84. The fourth-order valence-corrected chi connectivity index (χ4v) is 4.24. The second-order valence-corrected chi connectivity index (χ2v) is 8.23. The molecule has 1 aliphatic rings. The van der Waals surface area contributed by atoms with Crippen molar-refractivity contribution in [3.63, 3.8) is 0 Å². The molecular weight excluding hydrogens is 376 g/mol. The predicted molar refractivity (Wildman–Crippen MR) is 118 cm³/mol. The number of pyridine rings is 1. The van der Waals surface area contributed by atoms with Crippen LogP contribution < -0.4 is 10.1 Å². The van der Waals surface area contributed by atoms with Crippen LogP contribution in [0.15, 0.2) is 54.6 Å². The first-order chi connectivity index (χ1) is 14.5. The molecule has 2 aromatic carbocycles. The Morgan fingerprint density at radius 2 is 1.93 bits per heavy atom. The lowest BCUT2D eigenvalue weighted by Crippen LogP contribution is -2.49. The SMILES string of the molecule is Cc1cc(COc2ccc(C(=O)NC3[C@@H](C)CCC[C@@H]3O)cc2)c2ccccc2n1. The number of aliphatic hydroxyl groups excluding tert-OH is 1. The smallest absolute Gasteiger partial charge is 0.251 e. The van der Waals surface area contributed by atoms with Crippen LogP contribution in [0.3, 0.4) is 0 Å². The molecule has 1 aromatic heterocycles. The Bertz CT molecular complexity index is 1020. The zero-order valence-electron chi connectivity index (χ0n) is 17.5. The largest absolute Gasteiger partial charge is 0.489 e. The lowest BCUT2D eigenvalue weighted by atomic mass is 9.83. The number of nitrogens with one attached hydrogen (secondary N) is 1. The Kier molecular flexibility index (Phi) is 6.00. The quantitative estimate of drug-likeness (QED) is 0.661. The van der Waals surface area contributed by atoms with Crippen LogP contribution in [0, 0.1) is 12.8 Å². The Hall–Kier alpha value is -2.92. The first-order valence-corrected chi connectivity index (χ1v) is 10.6. The van der Waals surface area contributed by atoms with Gasteiger partial charge in [-0.1, -0.05) is 31.5 Å². The van der Waals surface area contributed by atoms with Gasteiger partial charge in [0.25, 0.3) is 5.91 Å². The van der Waals surface area contributed by atoms with Crippen LogP contribution in [0.1, 0.15) is 47.8 Å². The Morgan fingerprint density at radius 3 is 2.70 bits per heavy atom. The maximum Gasteiger partial charge on any atom is 0.251 e. The molecular formula is C25H28N2O3. The molecule has 0 saturated heterocycles. The molecule has 5 nitrogen and oxygen atoms in total. The Balaban J connectivity index is 1.41. The van der Waals surface area contributed by atoms with E-state index in [1.54, 1.807) is 12.1 Å². The maximum atomic E-state index is 12.6. The van der Waals surface area contributed by atoms with Gasteiger partial charge in [-0.05, 0) is 62.1 Å². The van der Waals surface area contributed by atoms with Crippen molar-refractivity contribution in [2.45, 2.75) is 51.9 Å². The van der Waals surface area contributed by atoms with Crippen molar-refractivity contribution in [3.8, 4) is 5.75 Å². The fourth-order valence-electron chi connectivity index (χ4n) is 4.24. The number of benzene rings is 2. The van der Waals surface area contributed by atoms with E-state index in [0.29, 0.717) is 17.9 Å². The normalized spacial score (nSPS) is 21.4. The van der Waals surface area contributed by atoms with E-state index in [4.69, 9.17) is 4.74 Å². The number of fused-ring (bicyclic) bond motifs is 1. The van der Waals surface area contributed by atoms with Gasteiger partial charge in [0.1, 0.15) is 12.4 Å². The summed E-state index contributed by atoms with van der Waals surface area (Å²) in [5.74, 6) is 0.824. The summed E-state index contributed by atoms with van der Waals surface area (Å²) in [6.07, 6.45) is 2.30. The van der Waals surface area contributed by atoms with Crippen molar-refractivity contribution in [1.29, 1.82) is 0 Å². The molecule has 1 saturated carbocycles. The first kappa shape index (κ1) is 20.4. The molecule has 30 heavy (non-hydrogen) atoms. The monoisotopic (exact) mass is 404 g/mol. The van der Waals surface area contributed by atoms with E-state index in [1.807, 2.05) is 43.3 Å².